The molecule has 2 amide bonds. The maximum Gasteiger partial charge on any atom is 0.261 e. The number of imide groups is 1. The van der Waals surface area contributed by atoms with Crippen LogP contribution >= 0.6 is 0 Å². The summed E-state index contributed by atoms with van der Waals surface area (Å²) < 4.78 is 0. The molecule has 0 N–H and O–H groups in total. The molecule has 1 aliphatic heterocycles. The van der Waals surface area contributed by atoms with Crippen molar-refractivity contribution in [3.63, 3.8) is 0 Å². The highest BCUT2D eigenvalue weighted by Crippen LogP contribution is 2.21. The monoisotopic (exact) mass is 433 g/mol. The molecule has 0 fully saturated rings. The van der Waals surface area contributed by atoms with Gasteiger partial charge < -0.3 is 0 Å². The van der Waals surface area contributed by atoms with Gasteiger partial charge in [0.1, 0.15) is 5.78 Å². The highest BCUT2D eigenvalue weighted by molar-refractivity contribution is 6.22. The lowest BCUT2D eigenvalue weighted by atomic mass is 10.0. The summed E-state index contributed by atoms with van der Waals surface area (Å²) in [6, 6.07) is 6.58. The van der Waals surface area contributed by atoms with Gasteiger partial charge in [-0.15, -0.1) is 0 Å². The molecule has 1 aromatic carbocycles. The summed E-state index contributed by atoms with van der Waals surface area (Å²) in [5.74, 6) is -0.0158. The summed E-state index contributed by atoms with van der Waals surface area (Å²) in [6.07, 6.45) is 11.1. The topological polar surface area (TPSA) is 54.5 Å². The number of carbonyl (C=O) groups excluding carboxylic acids is 3. The van der Waals surface area contributed by atoms with Gasteiger partial charge in [0.05, 0.1) is 17.7 Å². The SMILES string of the molecule is CC.CC(=O)CN1C(=O)c2ccccc2C1=O.CCCC.CCCCCCC(C)CC. The Balaban J connectivity index is 0. The molecule has 1 heterocycles. The molecule has 0 aromatic heterocycles. The Labute approximate surface area is 191 Å². The van der Waals surface area contributed by atoms with Gasteiger partial charge in [0.15, 0.2) is 0 Å². The number of amides is 2. The number of Topliss-reactive ketones (excluding diaryl/α,β-unsaturated/α-hetero) is 1. The molecule has 4 nitrogen and oxygen atoms in total. The van der Waals surface area contributed by atoms with Gasteiger partial charge in [0.25, 0.3) is 11.8 Å². The Bertz CT molecular complexity index is 588. The lowest BCUT2D eigenvalue weighted by Crippen LogP contribution is -2.33. The second kappa shape index (κ2) is 20.0. The first-order valence-corrected chi connectivity index (χ1v) is 12.3. The highest BCUT2D eigenvalue weighted by atomic mass is 16.2. The molecule has 2 rings (SSSR count). The summed E-state index contributed by atoms with van der Waals surface area (Å²) in [7, 11) is 0. The van der Waals surface area contributed by atoms with E-state index in [1.54, 1.807) is 24.3 Å². The number of rotatable bonds is 9. The van der Waals surface area contributed by atoms with Crippen molar-refractivity contribution in [3.05, 3.63) is 35.4 Å². The Kier molecular flexibility index (Phi) is 20.1. The molecule has 4 heteroatoms. The quantitative estimate of drug-likeness (QED) is 0.296. The van der Waals surface area contributed by atoms with E-state index in [1.807, 2.05) is 13.8 Å². The Morgan fingerprint density at radius 1 is 0.839 bits per heavy atom. The molecule has 0 radical (unpaired) electrons. The van der Waals surface area contributed by atoms with E-state index in [-0.39, 0.29) is 24.1 Å². The van der Waals surface area contributed by atoms with Crippen molar-refractivity contribution < 1.29 is 14.4 Å². The van der Waals surface area contributed by atoms with Crippen molar-refractivity contribution in [1.82, 2.24) is 4.90 Å². The number of nitrogens with zero attached hydrogens (tertiary/aromatic N) is 1. The van der Waals surface area contributed by atoms with E-state index in [0.29, 0.717) is 11.1 Å². The molecular formula is C27H47NO3. The summed E-state index contributed by atoms with van der Waals surface area (Å²) in [5.41, 5.74) is 0.757. The third-order valence-corrected chi connectivity index (χ3v) is 5.01. The van der Waals surface area contributed by atoms with Crippen LogP contribution in [0.15, 0.2) is 24.3 Å². The van der Waals surface area contributed by atoms with Crippen molar-refractivity contribution >= 4 is 17.6 Å². The minimum absolute atomic E-state index is 0.146. The zero-order valence-corrected chi connectivity index (χ0v) is 21.4. The number of benzene rings is 1. The molecule has 178 valence electrons. The maximum atomic E-state index is 11.7. The maximum absolute atomic E-state index is 11.7. The molecule has 0 spiro atoms. The number of ketones is 1. The lowest BCUT2D eigenvalue weighted by molar-refractivity contribution is -0.117. The summed E-state index contributed by atoms with van der Waals surface area (Å²) in [5, 5.41) is 0. The molecule has 1 aromatic rings. The first-order chi connectivity index (χ1) is 14.8. The minimum atomic E-state index is -0.384. The zero-order valence-electron chi connectivity index (χ0n) is 21.4. The zero-order chi connectivity index (χ0) is 24.2. The number of hydrogen-bond donors (Lipinski definition) is 0. The lowest BCUT2D eigenvalue weighted by Gasteiger charge is -2.10. The first kappa shape index (κ1) is 31.2. The fourth-order valence-corrected chi connectivity index (χ4v) is 2.73. The van der Waals surface area contributed by atoms with E-state index in [4.69, 9.17) is 0 Å². The Morgan fingerprint density at radius 2 is 1.32 bits per heavy atom. The second-order valence-electron chi connectivity index (χ2n) is 7.81. The van der Waals surface area contributed by atoms with Crippen LogP contribution in [0.3, 0.4) is 0 Å². The molecule has 31 heavy (non-hydrogen) atoms. The predicted molar refractivity (Wildman–Crippen MR) is 133 cm³/mol. The second-order valence-corrected chi connectivity index (χ2v) is 7.81. The standard InChI is InChI=1S/C11H9NO3.C10H22.C4H10.C2H6/c1-7(13)6-12-10(14)8-4-2-3-5-9(8)11(12)15;1-4-6-7-8-9-10(3)5-2;1-3-4-2;1-2/h2-5H,6H2,1H3;10H,4-9H2,1-3H3;3-4H2,1-2H3;1-2H3. The number of unbranched alkanes of at least 4 members (excludes halogenated alkanes) is 4. The van der Waals surface area contributed by atoms with E-state index in [2.05, 4.69) is 34.6 Å². The Hall–Kier alpha value is -1.97. The Morgan fingerprint density at radius 3 is 1.68 bits per heavy atom. The van der Waals surface area contributed by atoms with Crippen LogP contribution in [0.5, 0.6) is 0 Å². The smallest absolute Gasteiger partial charge is 0.261 e. The van der Waals surface area contributed by atoms with E-state index in [9.17, 15) is 14.4 Å². The predicted octanol–water partition coefficient (Wildman–Crippen LogP) is 7.71. The van der Waals surface area contributed by atoms with Crippen LogP contribution in [-0.2, 0) is 4.79 Å². The van der Waals surface area contributed by atoms with Crippen LogP contribution in [-0.4, -0.2) is 29.0 Å². The molecule has 1 unspecified atom stereocenters. The van der Waals surface area contributed by atoms with Crippen molar-refractivity contribution in [2.24, 2.45) is 5.92 Å². The van der Waals surface area contributed by atoms with Gasteiger partial charge in [-0.3, -0.25) is 19.3 Å². The highest BCUT2D eigenvalue weighted by Gasteiger charge is 2.35. The van der Waals surface area contributed by atoms with Gasteiger partial charge in [-0.25, -0.2) is 0 Å². The van der Waals surface area contributed by atoms with Crippen LogP contribution in [0.1, 0.15) is 127 Å². The molecule has 0 saturated carbocycles. The van der Waals surface area contributed by atoms with Gasteiger partial charge in [0, 0.05) is 0 Å². The largest absolute Gasteiger partial charge is 0.298 e. The van der Waals surface area contributed by atoms with Gasteiger partial charge in [-0.1, -0.05) is 112 Å². The molecule has 1 atom stereocenters. The van der Waals surface area contributed by atoms with Crippen LogP contribution < -0.4 is 0 Å². The van der Waals surface area contributed by atoms with E-state index >= 15 is 0 Å². The van der Waals surface area contributed by atoms with Crippen LogP contribution in [0.2, 0.25) is 0 Å². The van der Waals surface area contributed by atoms with Crippen molar-refractivity contribution in [2.45, 2.75) is 107 Å². The normalized spacial score (nSPS) is 12.5. The number of fused-ring (bicyclic) bond motifs is 1. The summed E-state index contributed by atoms with van der Waals surface area (Å²) in [6.45, 7) is 16.5. The fraction of sp³-hybridized carbons (Fsp3) is 0.667. The molecule has 0 bridgehead atoms. The molecule has 0 aliphatic carbocycles. The molecule has 1 aliphatic rings. The van der Waals surface area contributed by atoms with Crippen molar-refractivity contribution in [1.29, 1.82) is 0 Å². The van der Waals surface area contributed by atoms with Crippen molar-refractivity contribution in [2.75, 3.05) is 6.54 Å². The first-order valence-electron chi connectivity index (χ1n) is 12.3. The average molecular weight is 434 g/mol. The van der Waals surface area contributed by atoms with Crippen LogP contribution in [0.25, 0.3) is 0 Å². The fourth-order valence-electron chi connectivity index (χ4n) is 2.73. The van der Waals surface area contributed by atoms with Crippen LogP contribution in [0.4, 0.5) is 0 Å². The summed E-state index contributed by atoms with van der Waals surface area (Å²) >= 11 is 0. The third kappa shape index (κ3) is 13.1. The minimum Gasteiger partial charge on any atom is -0.298 e. The molecular weight excluding hydrogens is 386 g/mol. The van der Waals surface area contributed by atoms with Crippen LogP contribution in [0, 0.1) is 5.92 Å². The number of hydrogen-bond acceptors (Lipinski definition) is 3. The third-order valence-electron chi connectivity index (χ3n) is 5.01. The van der Waals surface area contributed by atoms with Gasteiger partial charge in [0.2, 0.25) is 0 Å². The average Bonchev–Trinajstić information content (AvgIpc) is 3.03. The summed E-state index contributed by atoms with van der Waals surface area (Å²) in [4.78, 5) is 35.3. The van der Waals surface area contributed by atoms with E-state index in [0.717, 1.165) is 10.8 Å². The van der Waals surface area contributed by atoms with Gasteiger partial charge >= 0.3 is 0 Å². The molecule has 0 saturated heterocycles. The number of carbonyl (C=O) groups is 3. The van der Waals surface area contributed by atoms with Crippen molar-refractivity contribution in [3.8, 4) is 0 Å². The van der Waals surface area contributed by atoms with E-state index < -0.39 is 0 Å². The van der Waals surface area contributed by atoms with Gasteiger partial charge in [-0.2, -0.15) is 0 Å². The van der Waals surface area contributed by atoms with Gasteiger partial charge in [-0.05, 0) is 25.0 Å². The van der Waals surface area contributed by atoms with E-state index in [1.165, 1.54) is 58.3 Å².